The van der Waals surface area contributed by atoms with Crippen LogP contribution in [-0.4, -0.2) is 60.9 Å². The number of amides is 1. The highest BCUT2D eigenvalue weighted by molar-refractivity contribution is 5.78. The number of hydrogen-bond donors (Lipinski definition) is 2. The van der Waals surface area contributed by atoms with E-state index in [1.807, 2.05) is 12.1 Å². The van der Waals surface area contributed by atoms with Crippen LogP contribution in [0.2, 0.25) is 0 Å². The molecule has 2 heterocycles. The molecule has 1 aromatic rings. The van der Waals surface area contributed by atoms with Gasteiger partial charge in [-0.2, -0.15) is 13.2 Å². The molecule has 29 heavy (non-hydrogen) atoms. The van der Waals surface area contributed by atoms with E-state index < -0.39 is 12.1 Å². The highest BCUT2D eigenvalue weighted by Gasteiger charge is 2.41. The van der Waals surface area contributed by atoms with Crippen molar-refractivity contribution in [3.8, 4) is 0 Å². The van der Waals surface area contributed by atoms with Gasteiger partial charge >= 0.3 is 12.1 Å². The summed E-state index contributed by atoms with van der Waals surface area (Å²) < 4.78 is 50.6. The van der Waals surface area contributed by atoms with E-state index in [0.717, 1.165) is 38.0 Å². The molecule has 2 fully saturated rings. The van der Waals surface area contributed by atoms with E-state index in [4.69, 9.17) is 14.6 Å². The van der Waals surface area contributed by atoms with Gasteiger partial charge in [-0.15, -0.1) is 0 Å². The summed E-state index contributed by atoms with van der Waals surface area (Å²) in [5.74, 6) is -2.54. The SMILES string of the molecule is CNC(=O)[C@@H]1CCO[C@@H]2CCN(Cc3ccc(F)cc3)C[C@@H]21.O=C(O)C(F)(F)F. The fraction of sp³-hybridized carbons (Fsp3) is 0.579. The standard InChI is InChI=1S/C17H23FN2O2.C2HF3O2/c1-19-17(21)14-7-9-22-16-6-8-20(11-15(14)16)10-12-2-4-13(18)5-3-12;3-2(4,5)1(6)7/h2-5,14-16H,6-11H2,1H3,(H,19,21);(H,6,7)/t14-,15-,16-;/m1./s1. The van der Waals surface area contributed by atoms with Crippen molar-refractivity contribution in [3.63, 3.8) is 0 Å². The maximum atomic E-state index is 13.0. The molecule has 10 heteroatoms. The normalized spacial score (nSPS) is 24.7. The highest BCUT2D eigenvalue weighted by atomic mass is 19.4. The molecular formula is C19H24F4N2O4. The van der Waals surface area contributed by atoms with E-state index >= 15 is 0 Å². The Hall–Kier alpha value is -2.20. The number of carboxylic acid groups (broad SMARTS) is 1. The van der Waals surface area contributed by atoms with Crippen LogP contribution in [0.4, 0.5) is 17.6 Å². The second-order valence-corrected chi connectivity index (χ2v) is 7.04. The van der Waals surface area contributed by atoms with Crippen LogP contribution in [0.1, 0.15) is 18.4 Å². The summed E-state index contributed by atoms with van der Waals surface area (Å²) in [6.07, 6.45) is -3.13. The largest absolute Gasteiger partial charge is 0.490 e. The first-order valence-corrected chi connectivity index (χ1v) is 9.22. The summed E-state index contributed by atoms with van der Waals surface area (Å²) in [6.45, 7) is 3.29. The Kier molecular flexibility index (Phi) is 7.97. The molecule has 1 amide bonds. The zero-order chi connectivity index (χ0) is 21.6. The average molecular weight is 420 g/mol. The van der Waals surface area contributed by atoms with Crippen LogP contribution in [-0.2, 0) is 20.9 Å². The number of nitrogens with zero attached hydrogens (tertiary/aromatic N) is 1. The third-order valence-electron chi connectivity index (χ3n) is 5.10. The van der Waals surface area contributed by atoms with Gasteiger partial charge in [0.25, 0.3) is 0 Å². The van der Waals surface area contributed by atoms with Gasteiger partial charge in [0.2, 0.25) is 5.91 Å². The van der Waals surface area contributed by atoms with Crippen molar-refractivity contribution in [2.45, 2.75) is 31.7 Å². The Labute approximate surface area is 165 Å². The van der Waals surface area contributed by atoms with Crippen molar-refractivity contribution in [1.82, 2.24) is 10.2 Å². The predicted octanol–water partition coefficient (Wildman–Crippen LogP) is 2.43. The van der Waals surface area contributed by atoms with Crippen molar-refractivity contribution in [3.05, 3.63) is 35.6 Å². The first kappa shape index (κ1) is 23.1. The number of piperidine rings is 1. The van der Waals surface area contributed by atoms with E-state index in [1.54, 1.807) is 7.05 Å². The van der Waals surface area contributed by atoms with Crippen LogP contribution >= 0.6 is 0 Å². The molecule has 0 aliphatic carbocycles. The number of aliphatic carboxylic acids is 1. The molecule has 6 nitrogen and oxygen atoms in total. The minimum Gasteiger partial charge on any atom is -0.475 e. The fourth-order valence-corrected chi connectivity index (χ4v) is 3.69. The summed E-state index contributed by atoms with van der Waals surface area (Å²) in [5, 5.41) is 9.91. The van der Waals surface area contributed by atoms with Crippen molar-refractivity contribution < 1.29 is 37.0 Å². The van der Waals surface area contributed by atoms with E-state index in [-0.39, 0.29) is 29.7 Å². The smallest absolute Gasteiger partial charge is 0.475 e. The Morgan fingerprint density at radius 2 is 1.86 bits per heavy atom. The van der Waals surface area contributed by atoms with Gasteiger partial charge < -0.3 is 15.2 Å². The number of alkyl halides is 3. The van der Waals surface area contributed by atoms with Gasteiger partial charge in [0.05, 0.1) is 6.10 Å². The average Bonchev–Trinajstić information content (AvgIpc) is 2.68. The van der Waals surface area contributed by atoms with Crippen molar-refractivity contribution >= 4 is 11.9 Å². The van der Waals surface area contributed by atoms with Crippen LogP contribution in [0, 0.1) is 17.7 Å². The minimum atomic E-state index is -5.08. The van der Waals surface area contributed by atoms with Crippen LogP contribution in [0.15, 0.2) is 24.3 Å². The summed E-state index contributed by atoms with van der Waals surface area (Å²) in [4.78, 5) is 23.3. The lowest BCUT2D eigenvalue weighted by Gasteiger charge is -2.44. The van der Waals surface area contributed by atoms with Gasteiger partial charge in [-0.05, 0) is 30.5 Å². The first-order chi connectivity index (χ1) is 13.6. The van der Waals surface area contributed by atoms with Crippen molar-refractivity contribution in [2.24, 2.45) is 11.8 Å². The molecule has 1 aromatic carbocycles. The number of carbonyl (C=O) groups excluding carboxylic acids is 1. The number of rotatable bonds is 3. The molecule has 162 valence electrons. The molecule has 2 aliphatic heterocycles. The van der Waals surface area contributed by atoms with Crippen LogP contribution in [0.3, 0.4) is 0 Å². The Balaban J connectivity index is 0.000000370. The first-order valence-electron chi connectivity index (χ1n) is 9.22. The second-order valence-electron chi connectivity index (χ2n) is 7.04. The Bertz CT molecular complexity index is 696. The summed E-state index contributed by atoms with van der Waals surface area (Å²) in [7, 11) is 1.70. The van der Waals surface area contributed by atoms with Gasteiger partial charge in [0.1, 0.15) is 5.82 Å². The molecule has 2 N–H and O–H groups in total. The highest BCUT2D eigenvalue weighted by Crippen LogP contribution is 2.33. The molecule has 0 spiro atoms. The number of carboxylic acids is 1. The second kappa shape index (κ2) is 10.0. The summed E-state index contributed by atoms with van der Waals surface area (Å²) in [6, 6.07) is 6.66. The summed E-state index contributed by atoms with van der Waals surface area (Å²) >= 11 is 0. The van der Waals surface area contributed by atoms with Gasteiger partial charge in [-0.25, -0.2) is 9.18 Å². The number of ether oxygens (including phenoxy) is 1. The monoisotopic (exact) mass is 420 g/mol. The molecule has 2 saturated heterocycles. The number of nitrogens with one attached hydrogen (secondary N) is 1. The third kappa shape index (κ3) is 6.67. The van der Waals surface area contributed by atoms with Crippen molar-refractivity contribution in [1.29, 1.82) is 0 Å². The number of hydrogen-bond acceptors (Lipinski definition) is 4. The Morgan fingerprint density at radius 3 is 2.41 bits per heavy atom. The summed E-state index contributed by atoms with van der Waals surface area (Å²) in [5.41, 5.74) is 1.10. The maximum absolute atomic E-state index is 13.0. The topological polar surface area (TPSA) is 78.9 Å². The number of halogens is 4. The molecule has 3 atom stereocenters. The molecular weight excluding hydrogens is 396 g/mol. The lowest BCUT2D eigenvalue weighted by atomic mass is 9.79. The number of fused-ring (bicyclic) bond motifs is 1. The van der Waals surface area contributed by atoms with Crippen LogP contribution in [0.5, 0.6) is 0 Å². The van der Waals surface area contributed by atoms with Crippen LogP contribution in [0.25, 0.3) is 0 Å². The molecule has 2 aliphatic rings. The third-order valence-corrected chi connectivity index (χ3v) is 5.10. The number of carbonyl (C=O) groups is 2. The maximum Gasteiger partial charge on any atom is 0.490 e. The van der Waals surface area contributed by atoms with Gasteiger partial charge in [-0.3, -0.25) is 9.69 Å². The molecule has 3 rings (SSSR count). The lowest BCUT2D eigenvalue weighted by molar-refractivity contribution is -0.192. The van der Waals surface area contributed by atoms with Crippen LogP contribution < -0.4 is 5.32 Å². The van der Waals surface area contributed by atoms with E-state index in [2.05, 4.69) is 10.2 Å². The zero-order valence-electron chi connectivity index (χ0n) is 15.9. The van der Waals surface area contributed by atoms with E-state index in [9.17, 15) is 22.4 Å². The lowest BCUT2D eigenvalue weighted by Crippen LogP contribution is -2.52. The minimum absolute atomic E-state index is 0.0415. The molecule has 0 radical (unpaired) electrons. The quantitative estimate of drug-likeness (QED) is 0.735. The van der Waals surface area contributed by atoms with Gasteiger partial charge in [0.15, 0.2) is 0 Å². The molecule has 0 aromatic heterocycles. The van der Waals surface area contributed by atoms with E-state index in [1.165, 1.54) is 12.1 Å². The molecule has 0 bridgehead atoms. The Morgan fingerprint density at radius 1 is 1.24 bits per heavy atom. The van der Waals surface area contributed by atoms with Gasteiger partial charge in [0, 0.05) is 45.1 Å². The molecule has 0 saturated carbocycles. The molecule has 0 unspecified atom stereocenters. The van der Waals surface area contributed by atoms with E-state index in [0.29, 0.717) is 6.61 Å². The predicted molar refractivity (Wildman–Crippen MR) is 95.4 cm³/mol. The number of benzene rings is 1. The zero-order valence-corrected chi connectivity index (χ0v) is 15.9. The number of likely N-dealkylation sites (tertiary alicyclic amines) is 1. The van der Waals surface area contributed by atoms with Gasteiger partial charge in [-0.1, -0.05) is 12.1 Å². The fourth-order valence-electron chi connectivity index (χ4n) is 3.69. The van der Waals surface area contributed by atoms with Crippen molar-refractivity contribution in [2.75, 3.05) is 26.7 Å².